The SMILES string of the molecule is CNC(=NCCNCCc1cnccn1)NC#N. The van der Waals surface area contributed by atoms with Gasteiger partial charge in [0.25, 0.3) is 0 Å². The number of nitrogens with zero attached hydrogens (tertiary/aromatic N) is 4. The number of rotatable bonds is 6. The second-order valence-corrected chi connectivity index (χ2v) is 3.41. The minimum absolute atomic E-state index is 0.480. The van der Waals surface area contributed by atoms with Crippen LogP contribution < -0.4 is 16.0 Å². The molecule has 0 spiro atoms. The largest absolute Gasteiger partial charge is 0.359 e. The lowest BCUT2D eigenvalue weighted by Gasteiger charge is -2.04. The van der Waals surface area contributed by atoms with Gasteiger partial charge in [-0.05, 0) is 0 Å². The molecule has 0 atom stereocenters. The normalized spacial score (nSPS) is 10.8. The van der Waals surface area contributed by atoms with Crippen molar-refractivity contribution in [3.8, 4) is 6.19 Å². The van der Waals surface area contributed by atoms with E-state index < -0.39 is 0 Å². The maximum Gasteiger partial charge on any atom is 0.204 e. The molecule has 7 heteroatoms. The number of aliphatic imine (C=N–C) groups is 1. The van der Waals surface area contributed by atoms with Crippen molar-refractivity contribution in [3.05, 3.63) is 24.3 Å². The predicted octanol–water partition coefficient (Wildman–Crippen LogP) is -0.745. The van der Waals surface area contributed by atoms with Gasteiger partial charge in [0, 0.05) is 45.1 Å². The highest BCUT2D eigenvalue weighted by atomic mass is 15.2. The molecule has 1 aromatic rings. The molecule has 0 saturated carbocycles. The van der Waals surface area contributed by atoms with Crippen LogP contribution in [-0.2, 0) is 6.42 Å². The number of nitriles is 1. The molecule has 96 valence electrons. The van der Waals surface area contributed by atoms with Gasteiger partial charge in [-0.2, -0.15) is 5.26 Å². The molecule has 0 saturated heterocycles. The molecule has 0 fully saturated rings. The quantitative estimate of drug-likeness (QED) is 0.201. The first kappa shape index (κ1) is 13.9. The first-order valence-electron chi connectivity index (χ1n) is 5.69. The molecule has 1 heterocycles. The first-order chi connectivity index (χ1) is 8.86. The highest BCUT2D eigenvalue weighted by Gasteiger charge is 1.94. The van der Waals surface area contributed by atoms with Crippen molar-refractivity contribution in [2.45, 2.75) is 6.42 Å². The van der Waals surface area contributed by atoms with Gasteiger partial charge in [0.15, 0.2) is 6.19 Å². The lowest BCUT2D eigenvalue weighted by atomic mass is 10.3. The van der Waals surface area contributed by atoms with Crippen molar-refractivity contribution in [1.82, 2.24) is 25.9 Å². The summed E-state index contributed by atoms with van der Waals surface area (Å²) in [5, 5.41) is 16.9. The van der Waals surface area contributed by atoms with Crippen LogP contribution in [0.4, 0.5) is 0 Å². The van der Waals surface area contributed by atoms with E-state index in [-0.39, 0.29) is 0 Å². The third kappa shape index (κ3) is 5.77. The second-order valence-electron chi connectivity index (χ2n) is 3.41. The molecule has 0 unspecified atom stereocenters. The number of hydrogen-bond donors (Lipinski definition) is 3. The van der Waals surface area contributed by atoms with E-state index >= 15 is 0 Å². The Labute approximate surface area is 106 Å². The lowest BCUT2D eigenvalue weighted by molar-refractivity contribution is 0.679. The number of guanidine groups is 1. The molecule has 0 amide bonds. The van der Waals surface area contributed by atoms with E-state index in [9.17, 15) is 0 Å². The molecule has 0 bridgehead atoms. The number of hydrogen-bond acceptors (Lipinski definition) is 5. The average molecular weight is 247 g/mol. The molecular formula is C11H17N7. The van der Waals surface area contributed by atoms with Crippen molar-refractivity contribution in [3.63, 3.8) is 0 Å². The van der Waals surface area contributed by atoms with Gasteiger partial charge in [-0.25, -0.2) is 0 Å². The van der Waals surface area contributed by atoms with Crippen LogP contribution in [0.25, 0.3) is 0 Å². The number of nitrogens with one attached hydrogen (secondary N) is 3. The van der Waals surface area contributed by atoms with Crippen LogP contribution in [0.15, 0.2) is 23.6 Å². The molecule has 1 aromatic heterocycles. The van der Waals surface area contributed by atoms with Crippen molar-refractivity contribution >= 4 is 5.96 Å². The van der Waals surface area contributed by atoms with Gasteiger partial charge in [0.2, 0.25) is 5.96 Å². The summed E-state index contributed by atoms with van der Waals surface area (Å²) >= 11 is 0. The number of aromatic nitrogens is 2. The maximum absolute atomic E-state index is 8.42. The summed E-state index contributed by atoms with van der Waals surface area (Å²) in [7, 11) is 1.71. The topological polar surface area (TPSA) is 98.0 Å². The van der Waals surface area contributed by atoms with Crippen LogP contribution in [0.1, 0.15) is 5.69 Å². The molecule has 0 aromatic carbocycles. The van der Waals surface area contributed by atoms with E-state index in [1.807, 2.05) is 6.19 Å². The van der Waals surface area contributed by atoms with E-state index in [4.69, 9.17) is 5.26 Å². The summed E-state index contributed by atoms with van der Waals surface area (Å²) in [6.07, 6.45) is 7.76. The first-order valence-corrected chi connectivity index (χ1v) is 5.69. The Morgan fingerprint density at radius 1 is 1.44 bits per heavy atom. The van der Waals surface area contributed by atoms with Crippen LogP contribution in [-0.4, -0.2) is 42.6 Å². The molecule has 0 aliphatic carbocycles. The fourth-order valence-electron chi connectivity index (χ4n) is 1.28. The Morgan fingerprint density at radius 2 is 2.33 bits per heavy atom. The zero-order valence-electron chi connectivity index (χ0n) is 10.3. The molecule has 1 rings (SSSR count). The molecule has 0 aliphatic rings. The van der Waals surface area contributed by atoms with E-state index in [2.05, 4.69) is 30.9 Å². The summed E-state index contributed by atoms with van der Waals surface area (Å²) in [6.45, 7) is 2.18. The monoisotopic (exact) mass is 247 g/mol. The van der Waals surface area contributed by atoms with Gasteiger partial charge in [-0.1, -0.05) is 0 Å². The van der Waals surface area contributed by atoms with Gasteiger partial charge in [-0.15, -0.1) is 0 Å². The van der Waals surface area contributed by atoms with Gasteiger partial charge >= 0.3 is 0 Å². The van der Waals surface area contributed by atoms with Crippen molar-refractivity contribution in [2.75, 3.05) is 26.7 Å². The Kier molecular flexibility index (Phi) is 6.85. The van der Waals surface area contributed by atoms with Gasteiger partial charge < -0.3 is 10.6 Å². The highest BCUT2D eigenvalue weighted by molar-refractivity contribution is 5.80. The molecule has 0 aliphatic heterocycles. The molecular weight excluding hydrogens is 230 g/mol. The van der Waals surface area contributed by atoms with Crippen molar-refractivity contribution in [1.29, 1.82) is 5.26 Å². The predicted molar refractivity (Wildman–Crippen MR) is 68.7 cm³/mol. The molecule has 0 radical (unpaired) electrons. The minimum Gasteiger partial charge on any atom is -0.359 e. The summed E-state index contributed by atoms with van der Waals surface area (Å²) < 4.78 is 0. The van der Waals surface area contributed by atoms with Crippen LogP contribution >= 0.6 is 0 Å². The minimum atomic E-state index is 0.480. The zero-order valence-corrected chi connectivity index (χ0v) is 10.3. The Hall–Kier alpha value is -2.20. The maximum atomic E-state index is 8.42. The van der Waals surface area contributed by atoms with E-state index in [0.717, 1.165) is 25.2 Å². The molecule has 3 N–H and O–H groups in total. The van der Waals surface area contributed by atoms with Crippen LogP contribution in [0.2, 0.25) is 0 Å². The smallest absolute Gasteiger partial charge is 0.204 e. The van der Waals surface area contributed by atoms with Crippen LogP contribution in [0.3, 0.4) is 0 Å². The van der Waals surface area contributed by atoms with Gasteiger partial charge in [0.1, 0.15) is 0 Å². The van der Waals surface area contributed by atoms with E-state index in [1.165, 1.54) is 0 Å². The second kappa shape index (κ2) is 8.90. The summed E-state index contributed by atoms with van der Waals surface area (Å²) in [5.41, 5.74) is 0.968. The fraction of sp³-hybridized carbons (Fsp3) is 0.455. The highest BCUT2D eigenvalue weighted by Crippen LogP contribution is 1.89. The van der Waals surface area contributed by atoms with Gasteiger partial charge in [0.05, 0.1) is 12.2 Å². The van der Waals surface area contributed by atoms with E-state index in [0.29, 0.717) is 12.5 Å². The summed E-state index contributed by atoms with van der Waals surface area (Å²) in [6, 6.07) is 0. The summed E-state index contributed by atoms with van der Waals surface area (Å²) in [5.74, 6) is 0.480. The molecule has 18 heavy (non-hydrogen) atoms. The molecule has 7 nitrogen and oxygen atoms in total. The standard InChI is InChI=1S/C11H17N7/c1-13-11(18-9-12)17-7-4-14-3-2-10-8-15-5-6-16-10/h5-6,8,14H,2-4,7H2,1H3,(H2,13,17,18). The Bertz CT molecular complexity index is 396. The van der Waals surface area contributed by atoms with Crippen molar-refractivity contribution < 1.29 is 0 Å². The van der Waals surface area contributed by atoms with Crippen LogP contribution in [0, 0.1) is 11.5 Å². The summed E-state index contributed by atoms with van der Waals surface area (Å²) in [4.78, 5) is 12.3. The Balaban J connectivity index is 2.10. The van der Waals surface area contributed by atoms with Crippen molar-refractivity contribution in [2.24, 2.45) is 4.99 Å². The lowest BCUT2D eigenvalue weighted by Crippen LogP contribution is -2.32. The van der Waals surface area contributed by atoms with Gasteiger partial charge in [-0.3, -0.25) is 20.3 Å². The third-order valence-corrected chi connectivity index (χ3v) is 2.14. The third-order valence-electron chi connectivity index (χ3n) is 2.14. The fourth-order valence-corrected chi connectivity index (χ4v) is 1.28. The Morgan fingerprint density at radius 3 is 3.00 bits per heavy atom. The van der Waals surface area contributed by atoms with E-state index in [1.54, 1.807) is 25.6 Å². The zero-order chi connectivity index (χ0) is 13.1. The van der Waals surface area contributed by atoms with Crippen LogP contribution in [0.5, 0.6) is 0 Å². The average Bonchev–Trinajstić information content (AvgIpc) is 2.42.